The molecule has 0 saturated carbocycles. The molecule has 0 aliphatic carbocycles. The summed E-state index contributed by atoms with van der Waals surface area (Å²) >= 11 is 6.08. The molecule has 1 heterocycles. The van der Waals surface area contributed by atoms with Crippen LogP contribution in [0.4, 0.5) is 0 Å². The standard InChI is InChI=1S/C19H14ClNO2/c20-17-9-5-4-8-16(17)19(23)15-10-11-18(22)21(13-15)12-14-6-2-1-3-7-14/h1-11,13H,12H2. The molecular formula is C19H14ClNO2. The number of hydrogen-bond donors (Lipinski definition) is 0. The molecule has 0 saturated heterocycles. The zero-order valence-corrected chi connectivity index (χ0v) is 13.0. The Hall–Kier alpha value is -2.65. The van der Waals surface area contributed by atoms with Crippen LogP contribution in [-0.4, -0.2) is 10.4 Å². The van der Waals surface area contributed by atoms with Gasteiger partial charge >= 0.3 is 0 Å². The molecule has 0 N–H and O–H groups in total. The van der Waals surface area contributed by atoms with Crippen LogP contribution < -0.4 is 5.56 Å². The van der Waals surface area contributed by atoms with Gasteiger partial charge in [-0.25, -0.2) is 0 Å². The van der Waals surface area contributed by atoms with E-state index in [0.29, 0.717) is 22.7 Å². The lowest BCUT2D eigenvalue weighted by atomic mass is 10.0. The van der Waals surface area contributed by atoms with Gasteiger partial charge in [-0.2, -0.15) is 0 Å². The molecular weight excluding hydrogens is 310 g/mol. The zero-order chi connectivity index (χ0) is 16.2. The average molecular weight is 324 g/mol. The Morgan fingerprint density at radius 2 is 1.61 bits per heavy atom. The second-order valence-corrected chi connectivity index (χ2v) is 5.59. The van der Waals surface area contributed by atoms with Gasteiger partial charge in [-0.1, -0.05) is 54.1 Å². The van der Waals surface area contributed by atoms with E-state index in [2.05, 4.69) is 0 Å². The maximum absolute atomic E-state index is 12.6. The number of aromatic nitrogens is 1. The van der Waals surface area contributed by atoms with Crippen molar-refractivity contribution in [3.05, 3.63) is 105 Å². The van der Waals surface area contributed by atoms with Crippen LogP contribution in [0.25, 0.3) is 0 Å². The third-order valence-electron chi connectivity index (χ3n) is 3.56. The first-order valence-electron chi connectivity index (χ1n) is 7.19. The van der Waals surface area contributed by atoms with Gasteiger partial charge in [0.15, 0.2) is 5.78 Å². The largest absolute Gasteiger partial charge is 0.310 e. The first-order chi connectivity index (χ1) is 11.1. The number of halogens is 1. The van der Waals surface area contributed by atoms with Gasteiger partial charge in [0.05, 0.1) is 11.6 Å². The number of carbonyl (C=O) groups is 1. The molecule has 114 valence electrons. The molecule has 2 aromatic carbocycles. The molecule has 0 fully saturated rings. The fourth-order valence-electron chi connectivity index (χ4n) is 2.37. The first kappa shape index (κ1) is 15.3. The molecule has 0 aliphatic rings. The summed E-state index contributed by atoms with van der Waals surface area (Å²) in [5.74, 6) is -0.197. The lowest BCUT2D eigenvalue weighted by Gasteiger charge is -2.09. The Morgan fingerprint density at radius 3 is 2.35 bits per heavy atom. The Morgan fingerprint density at radius 1 is 0.913 bits per heavy atom. The third-order valence-corrected chi connectivity index (χ3v) is 3.89. The van der Waals surface area contributed by atoms with Gasteiger partial charge in [0.1, 0.15) is 0 Å². The van der Waals surface area contributed by atoms with Crippen molar-refractivity contribution in [2.75, 3.05) is 0 Å². The summed E-state index contributed by atoms with van der Waals surface area (Å²) in [6.45, 7) is 0.420. The number of nitrogens with zero attached hydrogens (tertiary/aromatic N) is 1. The van der Waals surface area contributed by atoms with E-state index in [1.807, 2.05) is 30.3 Å². The van der Waals surface area contributed by atoms with Crippen LogP contribution in [0.3, 0.4) is 0 Å². The minimum absolute atomic E-state index is 0.149. The summed E-state index contributed by atoms with van der Waals surface area (Å²) in [7, 11) is 0. The molecule has 0 atom stereocenters. The minimum atomic E-state index is -0.197. The lowest BCUT2D eigenvalue weighted by molar-refractivity contribution is 0.103. The first-order valence-corrected chi connectivity index (χ1v) is 7.56. The van der Waals surface area contributed by atoms with Gasteiger partial charge in [0, 0.05) is 23.4 Å². The van der Waals surface area contributed by atoms with Crippen molar-refractivity contribution in [2.24, 2.45) is 0 Å². The van der Waals surface area contributed by atoms with Crippen molar-refractivity contribution >= 4 is 17.4 Å². The Kier molecular flexibility index (Phi) is 4.40. The van der Waals surface area contributed by atoms with E-state index in [4.69, 9.17) is 11.6 Å². The fraction of sp³-hybridized carbons (Fsp3) is 0.0526. The van der Waals surface area contributed by atoms with E-state index in [1.54, 1.807) is 30.5 Å². The molecule has 1 aromatic heterocycles. The Bertz CT molecular complexity index is 900. The SMILES string of the molecule is O=C(c1ccc(=O)n(Cc2ccccc2)c1)c1ccccc1Cl. The summed E-state index contributed by atoms with van der Waals surface area (Å²) < 4.78 is 1.53. The Balaban J connectivity index is 1.96. The second kappa shape index (κ2) is 6.63. The van der Waals surface area contributed by atoms with Crippen LogP contribution in [0.5, 0.6) is 0 Å². The number of carbonyl (C=O) groups excluding carboxylic acids is 1. The normalized spacial score (nSPS) is 10.5. The van der Waals surface area contributed by atoms with Crippen molar-refractivity contribution in [3.8, 4) is 0 Å². The molecule has 23 heavy (non-hydrogen) atoms. The lowest BCUT2D eigenvalue weighted by Crippen LogP contribution is -2.21. The molecule has 0 bridgehead atoms. The smallest absolute Gasteiger partial charge is 0.250 e. The predicted molar refractivity (Wildman–Crippen MR) is 91.1 cm³/mol. The number of rotatable bonds is 4. The van der Waals surface area contributed by atoms with E-state index in [-0.39, 0.29) is 11.3 Å². The summed E-state index contributed by atoms with van der Waals surface area (Å²) in [6, 6.07) is 19.5. The number of pyridine rings is 1. The molecule has 3 rings (SSSR count). The number of ketones is 1. The fourth-order valence-corrected chi connectivity index (χ4v) is 2.59. The van der Waals surface area contributed by atoms with Crippen LogP contribution in [0, 0.1) is 0 Å². The minimum Gasteiger partial charge on any atom is -0.310 e. The molecule has 3 aromatic rings. The maximum Gasteiger partial charge on any atom is 0.250 e. The van der Waals surface area contributed by atoms with Gasteiger partial charge < -0.3 is 4.57 Å². The van der Waals surface area contributed by atoms with E-state index >= 15 is 0 Å². The van der Waals surface area contributed by atoms with Crippen molar-refractivity contribution in [1.29, 1.82) is 0 Å². The topological polar surface area (TPSA) is 39.1 Å². The van der Waals surface area contributed by atoms with Crippen molar-refractivity contribution in [3.63, 3.8) is 0 Å². The third kappa shape index (κ3) is 3.41. The predicted octanol–water partition coefficient (Wildman–Crippen LogP) is 3.78. The van der Waals surface area contributed by atoms with Crippen molar-refractivity contribution in [1.82, 2.24) is 4.57 Å². The highest BCUT2D eigenvalue weighted by Gasteiger charge is 2.13. The maximum atomic E-state index is 12.6. The van der Waals surface area contributed by atoms with Gasteiger partial charge in [-0.05, 0) is 23.8 Å². The van der Waals surface area contributed by atoms with Crippen LogP contribution in [0.1, 0.15) is 21.5 Å². The van der Waals surface area contributed by atoms with Gasteiger partial charge in [0.2, 0.25) is 0 Å². The summed E-state index contributed by atoms with van der Waals surface area (Å²) in [5, 5.41) is 0.401. The van der Waals surface area contributed by atoms with Crippen LogP contribution >= 0.6 is 11.6 Å². The van der Waals surface area contributed by atoms with E-state index < -0.39 is 0 Å². The summed E-state index contributed by atoms with van der Waals surface area (Å²) in [4.78, 5) is 24.6. The van der Waals surface area contributed by atoms with Crippen molar-refractivity contribution in [2.45, 2.75) is 6.54 Å². The number of benzene rings is 2. The average Bonchev–Trinajstić information content (AvgIpc) is 2.58. The molecule has 0 aliphatic heterocycles. The molecule has 4 heteroatoms. The monoisotopic (exact) mass is 323 g/mol. The molecule has 0 radical (unpaired) electrons. The number of hydrogen-bond acceptors (Lipinski definition) is 2. The van der Waals surface area contributed by atoms with E-state index in [0.717, 1.165) is 5.56 Å². The molecule has 3 nitrogen and oxygen atoms in total. The van der Waals surface area contributed by atoms with E-state index in [1.165, 1.54) is 16.7 Å². The molecule has 0 unspecified atom stereocenters. The highest BCUT2D eigenvalue weighted by molar-refractivity contribution is 6.34. The van der Waals surface area contributed by atoms with Gasteiger partial charge in [-0.3, -0.25) is 9.59 Å². The van der Waals surface area contributed by atoms with Crippen molar-refractivity contribution < 1.29 is 4.79 Å². The highest BCUT2D eigenvalue weighted by atomic mass is 35.5. The van der Waals surface area contributed by atoms with Crippen LogP contribution in [-0.2, 0) is 6.54 Å². The van der Waals surface area contributed by atoms with Gasteiger partial charge in [0.25, 0.3) is 5.56 Å². The molecule has 0 amide bonds. The van der Waals surface area contributed by atoms with E-state index in [9.17, 15) is 9.59 Å². The van der Waals surface area contributed by atoms with Gasteiger partial charge in [-0.15, -0.1) is 0 Å². The van der Waals surface area contributed by atoms with Crippen LogP contribution in [0.15, 0.2) is 77.7 Å². The molecule has 0 spiro atoms. The quantitative estimate of drug-likeness (QED) is 0.685. The Labute approximate surface area is 138 Å². The highest BCUT2D eigenvalue weighted by Crippen LogP contribution is 2.18. The zero-order valence-electron chi connectivity index (χ0n) is 12.3. The second-order valence-electron chi connectivity index (χ2n) is 5.18. The van der Waals surface area contributed by atoms with Crippen LogP contribution in [0.2, 0.25) is 5.02 Å². The summed E-state index contributed by atoms with van der Waals surface area (Å²) in [5.41, 5.74) is 1.72. The summed E-state index contributed by atoms with van der Waals surface area (Å²) in [6.07, 6.45) is 1.58.